The molecule has 3 nitrogen and oxygen atoms in total. The highest BCUT2D eigenvalue weighted by Gasteiger charge is 2.38. The molecular weight excluding hydrogens is 382 g/mol. The SMILES string of the molecule is CC(C)CC(CO[N+](C)(C)Cc1ccccc1)(CC(C)C)Oc1ccccc1.[Cl-]. The van der Waals surface area contributed by atoms with Gasteiger partial charge in [0.25, 0.3) is 0 Å². The lowest BCUT2D eigenvalue weighted by Crippen LogP contribution is -3.00. The molecule has 2 rings (SSSR count). The zero-order valence-corrected chi connectivity index (χ0v) is 19.7. The number of para-hydroxylation sites is 1. The maximum Gasteiger partial charge on any atom is 0.146 e. The molecule has 0 atom stereocenters. The minimum Gasteiger partial charge on any atom is -1.00 e. The van der Waals surface area contributed by atoms with Crippen molar-refractivity contribution in [3.05, 3.63) is 66.2 Å². The third-order valence-electron chi connectivity index (χ3n) is 4.72. The molecule has 0 aliphatic rings. The van der Waals surface area contributed by atoms with Gasteiger partial charge < -0.3 is 17.1 Å². The van der Waals surface area contributed by atoms with Crippen molar-refractivity contribution in [3.63, 3.8) is 0 Å². The topological polar surface area (TPSA) is 18.5 Å². The molecule has 0 aliphatic heterocycles. The molecule has 0 N–H and O–H groups in total. The number of hydrogen-bond donors (Lipinski definition) is 0. The van der Waals surface area contributed by atoms with E-state index in [4.69, 9.17) is 9.57 Å². The molecular formula is C25H38ClNO2. The molecule has 0 unspecified atom stereocenters. The van der Waals surface area contributed by atoms with Gasteiger partial charge in [-0.3, -0.25) is 0 Å². The van der Waals surface area contributed by atoms with Gasteiger partial charge in [0.2, 0.25) is 0 Å². The van der Waals surface area contributed by atoms with Crippen molar-refractivity contribution in [3.8, 4) is 5.75 Å². The van der Waals surface area contributed by atoms with E-state index < -0.39 is 0 Å². The van der Waals surface area contributed by atoms with E-state index in [1.54, 1.807) is 0 Å². The van der Waals surface area contributed by atoms with Crippen molar-refractivity contribution < 1.29 is 26.6 Å². The average Bonchev–Trinajstić information content (AvgIpc) is 2.60. The Bertz CT molecular complexity index is 676. The molecule has 162 valence electrons. The van der Waals surface area contributed by atoms with Gasteiger partial charge in [0, 0.05) is 5.56 Å². The lowest BCUT2D eigenvalue weighted by molar-refractivity contribution is -1.09. The number of rotatable bonds is 11. The fourth-order valence-corrected chi connectivity index (χ4v) is 3.90. The number of benzene rings is 2. The summed E-state index contributed by atoms with van der Waals surface area (Å²) in [4.78, 5) is 6.49. The predicted octanol–water partition coefficient (Wildman–Crippen LogP) is 3.11. The smallest absolute Gasteiger partial charge is 0.146 e. The molecule has 0 amide bonds. The van der Waals surface area contributed by atoms with Crippen molar-refractivity contribution in [2.45, 2.75) is 52.7 Å². The zero-order chi connectivity index (χ0) is 20.6. The van der Waals surface area contributed by atoms with Gasteiger partial charge in [-0.05, 0) is 36.8 Å². The van der Waals surface area contributed by atoms with Crippen molar-refractivity contribution in [1.29, 1.82) is 0 Å². The van der Waals surface area contributed by atoms with E-state index in [0.29, 0.717) is 23.1 Å². The number of quaternary nitrogens is 1. The van der Waals surface area contributed by atoms with Gasteiger partial charge in [0.05, 0.1) is 14.1 Å². The minimum atomic E-state index is -0.337. The van der Waals surface area contributed by atoms with E-state index in [-0.39, 0.29) is 18.0 Å². The summed E-state index contributed by atoms with van der Waals surface area (Å²) in [5, 5.41) is 0. The van der Waals surface area contributed by atoms with Crippen molar-refractivity contribution >= 4 is 0 Å². The fourth-order valence-electron chi connectivity index (χ4n) is 3.90. The highest BCUT2D eigenvalue weighted by molar-refractivity contribution is 5.22. The molecule has 0 bridgehead atoms. The standard InChI is InChI=1S/C25H38NO2.ClH/c1-21(2)17-25(18-22(3)4,28-24-15-11-8-12-16-24)20-27-26(5,6)19-23-13-9-7-10-14-23;/h7-16,21-22H,17-20H2,1-6H3;1H/q+1;/p-1. The maximum atomic E-state index is 6.63. The van der Waals surface area contributed by atoms with Crippen LogP contribution in [0.2, 0.25) is 0 Å². The van der Waals surface area contributed by atoms with Crippen LogP contribution in [0.3, 0.4) is 0 Å². The van der Waals surface area contributed by atoms with Gasteiger partial charge in [-0.1, -0.05) is 76.2 Å². The van der Waals surface area contributed by atoms with Gasteiger partial charge in [-0.2, -0.15) is 9.48 Å². The summed E-state index contributed by atoms with van der Waals surface area (Å²) in [7, 11) is 4.23. The first kappa shape index (κ1) is 25.5. The molecule has 29 heavy (non-hydrogen) atoms. The third-order valence-corrected chi connectivity index (χ3v) is 4.72. The molecule has 2 aromatic carbocycles. The summed E-state index contributed by atoms with van der Waals surface area (Å²) in [5.41, 5.74) is 0.936. The number of hydroxylamine groups is 3. The summed E-state index contributed by atoms with van der Waals surface area (Å²) in [6.07, 6.45) is 1.93. The molecule has 0 heterocycles. The number of ether oxygens (including phenoxy) is 1. The van der Waals surface area contributed by atoms with Gasteiger partial charge in [0.1, 0.15) is 24.5 Å². The van der Waals surface area contributed by atoms with Crippen molar-refractivity contribution in [1.82, 2.24) is 0 Å². The molecule has 2 aromatic rings. The van der Waals surface area contributed by atoms with Crippen LogP contribution in [0, 0.1) is 11.8 Å². The summed E-state index contributed by atoms with van der Waals surface area (Å²) >= 11 is 0. The molecule has 0 aliphatic carbocycles. The van der Waals surface area contributed by atoms with Crippen LogP contribution in [0.1, 0.15) is 46.1 Å². The molecule has 0 fully saturated rings. The summed E-state index contributed by atoms with van der Waals surface area (Å²) in [5.74, 6) is 1.97. The monoisotopic (exact) mass is 419 g/mol. The first-order valence-electron chi connectivity index (χ1n) is 10.5. The Labute approximate surface area is 184 Å². The first-order valence-corrected chi connectivity index (χ1v) is 10.5. The second-order valence-corrected chi connectivity index (χ2v) is 9.29. The van der Waals surface area contributed by atoms with Gasteiger partial charge in [-0.15, -0.1) is 0 Å². The Morgan fingerprint density at radius 2 is 1.28 bits per heavy atom. The van der Waals surface area contributed by atoms with E-state index >= 15 is 0 Å². The lowest BCUT2D eigenvalue weighted by atomic mass is 9.85. The Morgan fingerprint density at radius 3 is 1.76 bits per heavy atom. The Kier molecular flexibility index (Phi) is 10.2. The molecule has 0 saturated carbocycles. The number of hydrogen-bond acceptors (Lipinski definition) is 2. The third kappa shape index (κ3) is 9.20. The van der Waals surface area contributed by atoms with Crippen LogP contribution in [0.5, 0.6) is 5.75 Å². The average molecular weight is 420 g/mol. The van der Waals surface area contributed by atoms with Gasteiger partial charge >= 0.3 is 0 Å². The van der Waals surface area contributed by atoms with Gasteiger partial charge in [0.15, 0.2) is 0 Å². The van der Waals surface area contributed by atoms with E-state index in [2.05, 4.69) is 66.1 Å². The maximum absolute atomic E-state index is 6.63. The second kappa shape index (κ2) is 11.6. The van der Waals surface area contributed by atoms with Crippen LogP contribution >= 0.6 is 0 Å². The van der Waals surface area contributed by atoms with Crippen molar-refractivity contribution in [2.75, 3.05) is 20.7 Å². The molecule has 4 heteroatoms. The van der Waals surface area contributed by atoms with E-state index in [9.17, 15) is 0 Å². The second-order valence-electron chi connectivity index (χ2n) is 9.29. The van der Waals surface area contributed by atoms with E-state index in [0.717, 1.165) is 25.1 Å². The minimum absolute atomic E-state index is 0. The van der Waals surface area contributed by atoms with E-state index in [1.165, 1.54) is 5.56 Å². The van der Waals surface area contributed by atoms with E-state index in [1.807, 2.05) is 36.4 Å². The van der Waals surface area contributed by atoms with Crippen LogP contribution in [0.4, 0.5) is 0 Å². The summed E-state index contributed by atoms with van der Waals surface area (Å²) in [6.45, 7) is 10.4. The van der Waals surface area contributed by atoms with Crippen LogP contribution in [-0.4, -0.2) is 30.9 Å². The Morgan fingerprint density at radius 1 is 0.793 bits per heavy atom. The fraction of sp³-hybridized carbons (Fsp3) is 0.520. The first-order chi connectivity index (χ1) is 13.2. The van der Waals surface area contributed by atoms with Crippen LogP contribution in [0.25, 0.3) is 0 Å². The highest BCUT2D eigenvalue weighted by atomic mass is 35.5. The zero-order valence-electron chi connectivity index (χ0n) is 18.9. The van der Waals surface area contributed by atoms with Crippen LogP contribution < -0.4 is 17.1 Å². The number of halogens is 1. The summed E-state index contributed by atoms with van der Waals surface area (Å²) < 4.78 is 7.11. The molecule has 0 saturated heterocycles. The Balaban J connectivity index is 0.00000420. The highest BCUT2D eigenvalue weighted by Crippen LogP contribution is 2.32. The predicted molar refractivity (Wildman–Crippen MR) is 117 cm³/mol. The normalized spacial score (nSPS) is 12.1. The molecule has 0 spiro atoms. The summed E-state index contributed by atoms with van der Waals surface area (Å²) in [6, 6.07) is 20.7. The van der Waals surface area contributed by atoms with Crippen LogP contribution in [0.15, 0.2) is 60.7 Å². The molecule has 0 aromatic heterocycles. The largest absolute Gasteiger partial charge is 1.00 e. The van der Waals surface area contributed by atoms with Crippen LogP contribution in [-0.2, 0) is 11.4 Å². The van der Waals surface area contributed by atoms with Gasteiger partial charge in [-0.25, -0.2) is 0 Å². The van der Waals surface area contributed by atoms with Crippen molar-refractivity contribution in [2.24, 2.45) is 11.8 Å². The quantitative estimate of drug-likeness (QED) is 0.411. The Hall–Kier alpha value is -1.55. The lowest BCUT2D eigenvalue weighted by Gasteiger charge is -2.39. The number of nitrogens with zero attached hydrogens (tertiary/aromatic N) is 1. The molecule has 0 radical (unpaired) electrons.